The van der Waals surface area contributed by atoms with Crippen LogP contribution < -0.4 is 5.32 Å². The van der Waals surface area contributed by atoms with Crippen LogP contribution in [0, 0.1) is 12.3 Å². The molecule has 1 atom stereocenters. The zero-order chi connectivity index (χ0) is 14.0. The molecular formula is C15H18N2O2Y-2. The average Bonchev–Trinajstić information content (AvgIpc) is 2.66. The Morgan fingerprint density at radius 1 is 1.35 bits per heavy atom. The first-order chi connectivity index (χ1) is 8.94. The average molecular weight is 347 g/mol. The molecule has 0 aliphatic heterocycles. The molecule has 1 unspecified atom stereocenters. The van der Waals surface area contributed by atoms with Crippen molar-refractivity contribution in [2.75, 3.05) is 5.32 Å². The van der Waals surface area contributed by atoms with E-state index < -0.39 is 11.3 Å². The maximum Gasteiger partial charge on any atom is 0.224 e. The van der Waals surface area contributed by atoms with Crippen molar-refractivity contribution in [1.29, 1.82) is 0 Å². The fourth-order valence-corrected chi connectivity index (χ4v) is 2.44. The summed E-state index contributed by atoms with van der Waals surface area (Å²) in [5.74, 6) is -0.627. The summed E-state index contributed by atoms with van der Waals surface area (Å²) in [7, 11) is 0. The molecule has 1 radical (unpaired) electrons. The number of hydrogen-bond donors (Lipinski definition) is 1. The maximum absolute atomic E-state index is 11.5. The summed E-state index contributed by atoms with van der Waals surface area (Å²) in [5.41, 5.74) is 9.24. The SMILES string of the molecule is [CH2-]C1(C([NH-])=O)Cc2ccc(NC(=O)CCC)cc2C1.[Y]. The number of carbonyl (C=O) groups excluding carboxylic acids is 2. The summed E-state index contributed by atoms with van der Waals surface area (Å²) in [4.78, 5) is 22.9. The second-order valence-corrected chi connectivity index (χ2v) is 5.24. The molecule has 0 saturated heterocycles. The van der Waals surface area contributed by atoms with Gasteiger partial charge in [0, 0.05) is 50.7 Å². The van der Waals surface area contributed by atoms with Gasteiger partial charge in [0.25, 0.3) is 0 Å². The van der Waals surface area contributed by atoms with E-state index in [0.29, 0.717) is 19.3 Å². The van der Waals surface area contributed by atoms with Gasteiger partial charge in [-0.2, -0.15) is 0 Å². The predicted octanol–water partition coefficient (Wildman–Crippen LogP) is 2.92. The number of benzene rings is 1. The van der Waals surface area contributed by atoms with Gasteiger partial charge in [-0.3, -0.25) is 4.79 Å². The molecule has 0 spiro atoms. The summed E-state index contributed by atoms with van der Waals surface area (Å²) < 4.78 is 0. The smallest absolute Gasteiger partial charge is 0.224 e. The molecule has 0 fully saturated rings. The molecule has 1 aliphatic carbocycles. The van der Waals surface area contributed by atoms with Crippen molar-refractivity contribution < 1.29 is 42.3 Å². The van der Waals surface area contributed by atoms with Crippen molar-refractivity contribution in [2.24, 2.45) is 5.41 Å². The largest absolute Gasteiger partial charge is 0.670 e. The van der Waals surface area contributed by atoms with Crippen LogP contribution in [0.15, 0.2) is 18.2 Å². The second kappa shape index (κ2) is 6.81. The van der Waals surface area contributed by atoms with E-state index in [0.717, 1.165) is 23.2 Å². The van der Waals surface area contributed by atoms with Crippen LogP contribution in [-0.4, -0.2) is 11.8 Å². The molecule has 20 heavy (non-hydrogen) atoms. The molecular weight excluding hydrogens is 329 g/mol. The summed E-state index contributed by atoms with van der Waals surface area (Å²) in [6.07, 6.45) is 2.30. The molecule has 2 N–H and O–H groups in total. The van der Waals surface area contributed by atoms with Gasteiger partial charge in [-0.15, -0.1) is 5.41 Å². The molecule has 105 valence electrons. The molecule has 0 heterocycles. The van der Waals surface area contributed by atoms with Crippen LogP contribution in [0.25, 0.3) is 5.73 Å². The van der Waals surface area contributed by atoms with Crippen LogP contribution in [0.3, 0.4) is 0 Å². The molecule has 5 heteroatoms. The first-order valence-electron chi connectivity index (χ1n) is 6.47. The topological polar surface area (TPSA) is 70.0 Å². The van der Waals surface area contributed by atoms with Crippen molar-refractivity contribution in [3.05, 3.63) is 42.0 Å². The van der Waals surface area contributed by atoms with E-state index in [2.05, 4.69) is 12.2 Å². The van der Waals surface area contributed by atoms with E-state index in [1.54, 1.807) is 0 Å². The van der Waals surface area contributed by atoms with Crippen LogP contribution in [0.4, 0.5) is 5.69 Å². The number of carbonyl (C=O) groups is 2. The van der Waals surface area contributed by atoms with Crippen molar-refractivity contribution in [3.8, 4) is 0 Å². The third-order valence-corrected chi connectivity index (χ3v) is 3.51. The van der Waals surface area contributed by atoms with Gasteiger partial charge >= 0.3 is 0 Å². The van der Waals surface area contributed by atoms with Gasteiger partial charge in [0.1, 0.15) is 0 Å². The zero-order valence-corrected chi connectivity index (χ0v) is 14.5. The van der Waals surface area contributed by atoms with E-state index in [1.807, 2.05) is 25.1 Å². The molecule has 0 aromatic heterocycles. The molecule has 1 aromatic carbocycles. The minimum atomic E-state index is -0.853. The van der Waals surface area contributed by atoms with Crippen molar-refractivity contribution >= 4 is 17.5 Å². The Bertz CT molecular complexity index is 531. The molecule has 1 aromatic rings. The third-order valence-electron chi connectivity index (χ3n) is 3.51. The van der Waals surface area contributed by atoms with Crippen LogP contribution in [-0.2, 0) is 55.1 Å². The summed E-state index contributed by atoms with van der Waals surface area (Å²) in [5, 5.41) is 2.84. The molecule has 4 nitrogen and oxygen atoms in total. The molecule has 1 aliphatic rings. The summed E-state index contributed by atoms with van der Waals surface area (Å²) in [6, 6.07) is 5.64. The van der Waals surface area contributed by atoms with Crippen molar-refractivity contribution in [3.63, 3.8) is 0 Å². The van der Waals surface area contributed by atoms with E-state index in [4.69, 9.17) is 5.73 Å². The Morgan fingerprint density at radius 2 is 2.00 bits per heavy atom. The van der Waals surface area contributed by atoms with Gasteiger partial charge in [-0.1, -0.05) is 13.0 Å². The molecule has 2 rings (SSSR count). The second-order valence-electron chi connectivity index (χ2n) is 5.24. The number of nitrogens with one attached hydrogen (secondary N) is 2. The maximum atomic E-state index is 11.5. The fraction of sp³-hybridized carbons (Fsp3) is 0.400. The van der Waals surface area contributed by atoms with E-state index in [9.17, 15) is 9.59 Å². The van der Waals surface area contributed by atoms with Gasteiger partial charge in [-0.25, -0.2) is 0 Å². The Labute approximate surface area is 144 Å². The van der Waals surface area contributed by atoms with E-state index in [-0.39, 0.29) is 38.6 Å². The predicted molar refractivity (Wildman–Crippen MR) is 74.5 cm³/mol. The minimum Gasteiger partial charge on any atom is -0.670 e. The van der Waals surface area contributed by atoms with Crippen LogP contribution >= 0.6 is 0 Å². The van der Waals surface area contributed by atoms with Crippen LogP contribution in [0.1, 0.15) is 30.9 Å². The minimum absolute atomic E-state index is 0. The molecule has 0 bridgehead atoms. The fourth-order valence-electron chi connectivity index (χ4n) is 2.44. The van der Waals surface area contributed by atoms with Crippen LogP contribution in [0.2, 0.25) is 0 Å². The standard InChI is InChI=1S/C15H19N2O2.Y/c1-3-4-13(18)17-12-6-5-10-8-15(2,14(16)19)9-11(10)7-12;/h5-7H,2-4,8-9H2,1H3,(H3,16,17,18,19);/q-1;/p-1. The van der Waals surface area contributed by atoms with Gasteiger partial charge in [0.2, 0.25) is 5.91 Å². The van der Waals surface area contributed by atoms with Gasteiger partial charge in [0.15, 0.2) is 0 Å². The first kappa shape index (κ1) is 17.3. The van der Waals surface area contributed by atoms with Gasteiger partial charge in [-0.05, 0) is 42.5 Å². The third kappa shape index (κ3) is 3.67. The first-order valence-corrected chi connectivity index (χ1v) is 6.47. The number of rotatable bonds is 4. The Balaban J connectivity index is 0.00000200. The van der Waals surface area contributed by atoms with Gasteiger partial charge < -0.3 is 22.8 Å². The Hall–Kier alpha value is -0.736. The Kier molecular flexibility index (Phi) is 5.90. The normalized spacial score (nSPS) is 19.9. The van der Waals surface area contributed by atoms with E-state index >= 15 is 0 Å². The quantitative estimate of drug-likeness (QED) is 0.851. The summed E-state index contributed by atoms with van der Waals surface area (Å²) in [6.45, 7) is 5.84. The Morgan fingerprint density at radius 3 is 2.60 bits per heavy atom. The molecule has 0 saturated carbocycles. The van der Waals surface area contributed by atoms with Crippen molar-refractivity contribution in [1.82, 2.24) is 0 Å². The zero-order valence-electron chi connectivity index (χ0n) is 11.7. The number of amides is 2. The van der Waals surface area contributed by atoms with Crippen molar-refractivity contribution in [2.45, 2.75) is 32.6 Å². The van der Waals surface area contributed by atoms with Gasteiger partial charge in [0.05, 0.1) is 0 Å². The number of anilines is 1. The number of hydrogen-bond acceptors (Lipinski definition) is 2. The summed E-state index contributed by atoms with van der Waals surface area (Å²) >= 11 is 0. The number of fused-ring (bicyclic) bond motifs is 1. The van der Waals surface area contributed by atoms with E-state index in [1.165, 1.54) is 0 Å². The van der Waals surface area contributed by atoms with Crippen LogP contribution in [0.5, 0.6) is 0 Å². The monoisotopic (exact) mass is 347 g/mol. The molecule has 2 amide bonds.